The molecule has 0 saturated carbocycles. The van der Waals surface area contributed by atoms with Gasteiger partial charge in [0.15, 0.2) is 0 Å². The lowest BCUT2D eigenvalue weighted by Crippen LogP contribution is -2.27. The van der Waals surface area contributed by atoms with Gasteiger partial charge in [0, 0.05) is 0 Å². The first-order valence-corrected chi connectivity index (χ1v) is 5.10. The van der Waals surface area contributed by atoms with E-state index in [0.717, 1.165) is 0 Å². The topological polar surface area (TPSA) is 9.23 Å². The molecule has 0 aliphatic rings. The van der Waals surface area contributed by atoms with Crippen molar-refractivity contribution in [1.29, 1.82) is 0 Å². The van der Waals surface area contributed by atoms with Gasteiger partial charge in [-0.1, -0.05) is 31.9 Å². The van der Waals surface area contributed by atoms with Gasteiger partial charge in [-0.25, -0.2) is 0 Å². The maximum absolute atomic E-state index is 11.8. The summed E-state index contributed by atoms with van der Waals surface area (Å²) in [5.41, 5.74) is 0. The fourth-order valence-corrected chi connectivity index (χ4v) is 2.99. The molecule has 0 aromatic rings. The van der Waals surface area contributed by atoms with Gasteiger partial charge >= 0.3 is 6.18 Å². The van der Waals surface area contributed by atoms with E-state index in [1.54, 1.807) is 0 Å². The van der Waals surface area contributed by atoms with Crippen molar-refractivity contribution in [3.8, 4) is 0 Å². The molecule has 0 radical (unpaired) electrons. The molecular formula is C4H7Br2F3OSi. The Kier molecular flexibility index (Phi) is 4.60. The predicted octanol–water partition coefficient (Wildman–Crippen LogP) is 1.72. The van der Waals surface area contributed by atoms with Crippen LogP contribution in [0.5, 0.6) is 0 Å². The Bertz CT molecular complexity index is 127. The monoisotopic (exact) mass is 314 g/mol. The highest BCUT2D eigenvalue weighted by molar-refractivity contribution is 9.25. The van der Waals surface area contributed by atoms with Crippen molar-refractivity contribution in [1.82, 2.24) is 0 Å². The summed E-state index contributed by atoms with van der Waals surface area (Å²) in [4.78, 5) is 0. The zero-order valence-electron chi connectivity index (χ0n) is 5.71. The molecule has 11 heavy (non-hydrogen) atoms. The third-order valence-electron chi connectivity index (χ3n) is 0.815. The van der Waals surface area contributed by atoms with E-state index in [2.05, 4.69) is 31.9 Å². The summed E-state index contributed by atoms with van der Waals surface area (Å²) in [5.74, 6) is 0. The second-order valence-corrected chi connectivity index (χ2v) is 6.76. The lowest BCUT2D eigenvalue weighted by molar-refractivity contribution is -0.136. The zero-order valence-corrected chi connectivity index (χ0v) is 10.9. The molecule has 0 aliphatic carbocycles. The van der Waals surface area contributed by atoms with Crippen LogP contribution in [0.3, 0.4) is 0 Å². The van der Waals surface area contributed by atoms with E-state index in [1.165, 1.54) is 0 Å². The second kappa shape index (κ2) is 4.24. The van der Waals surface area contributed by atoms with Gasteiger partial charge in [-0.3, -0.25) is 0 Å². The van der Waals surface area contributed by atoms with Gasteiger partial charge in [0.2, 0.25) is 0 Å². The van der Waals surface area contributed by atoms with E-state index in [4.69, 9.17) is 4.43 Å². The summed E-state index contributed by atoms with van der Waals surface area (Å²) >= 11 is 5.74. The van der Waals surface area contributed by atoms with Crippen LogP contribution in [0.4, 0.5) is 13.2 Å². The van der Waals surface area contributed by atoms with Gasteiger partial charge in [-0.05, 0) is 0 Å². The molecular weight excluding hydrogens is 309 g/mol. The Morgan fingerprint density at radius 3 is 2.00 bits per heavy atom. The molecule has 0 aromatic carbocycles. The summed E-state index contributed by atoms with van der Waals surface area (Å²) in [6, 6.07) is 0. The molecule has 0 amide bonds. The number of hydrogen-bond donors (Lipinski definition) is 0. The standard InChI is InChI=1S/C4H7Br2F3OSi/c5-3(6,2-10-11)1-4(7,8)9/h1-2H2,11H3. The number of halogens is 5. The van der Waals surface area contributed by atoms with Crippen LogP contribution in [0.2, 0.25) is 0 Å². The lowest BCUT2D eigenvalue weighted by Gasteiger charge is -2.20. The molecule has 0 unspecified atom stereocenters. The van der Waals surface area contributed by atoms with Crippen molar-refractivity contribution in [2.75, 3.05) is 6.61 Å². The molecule has 0 saturated heterocycles. The fourth-order valence-electron chi connectivity index (χ4n) is 0.555. The van der Waals surface area contributed by atoms with Crippen molar-refractivity contribution in [3.63, 3.8) is 0 Å². The molecule has 0 aromatic heterocycles. The summed E-state index contributed by atoms with van der Waals surface area (Å²) in [6.45, 7) is 0.0265. The molecule has 0 rings (SSSR count). The molecule has 7 heteroatoms. The molecule has 0 heterocycles. The van der Waals surface area contributed by atoms with Crippen LogP contribution < -0.4 is 0 Å². The van der Waals surface area contributed by atoms with E-state index in [-0.39, 0.29) is 6.61 Å². The number of hydrogen-bond acceptors (Lipinski definition) is 1. The third kappa shape index (κ3) is 7.29. The molecule has 0 atom stereocenters. The first-order chi connectivity index (χ1) is 4.77. The fraction of sp³-hybridized carbons (Fsp3) is 1.00. The highest BCUT2D eigenvalue weighted by Gasteiger charge is 2.39. The maximum Gasteiger partial charge on any atom is 0.391 e. The molecule has 1 nitrogen and oxygen atoms in total. The lowest BCUT2D eigenvalue weighted by atomic mass is 10.3. The van der Waals surface area contributed by atoms with Crippen LogP contribution in [0, 0.1) is 0 Å². The minimum Gasteiger partial charge on any atom is -0.426 e. The average molecular weight is 316 g/mol. The van der Waals surface area contributed by atoms with E-state index in [9.17, 15) is 13.2 Å². The van der Waals surface area contributed by atoms with Crippen molar-refractivity contribution >= 4 is 42.3 Å². The Hall–Kier alpha value is 0.927. The van der Waals surface area contributed by atoms with Gasteiger partial charge in [0.05, 0.1) is 13.0 Å². The van der Waals surface area contributed by atoms with Crippen LogP contribution in [-0.4, -0.2) is 26.5 Å². The number of rotatable bonds is 3. The third-order valence-corrected chi connectivity index (χ3v) is 2.12. The summed E-state index contributed by atoms with van der Waals surface area (Å²) in [7, 11) is 0.434. The molecule has 0 fully saturated rings. The van der Waals surface area contributed by atoms with Gasteiger partial charge in [0.1, 0.15) is 13.7 Å². The number of alkyl halides is 5. The molecule has 0 aliphatic heterocycles. The van der Waals surface area contributed by atoms with Crippen LogP contribution >= 0.6 is 31.9 Å². The predicted molar refractivity (Wildman–Crippen MR) is 47.1 cm³/mol. The van der Waals surface area contributed by atoms with Crippen molar-refractivity contribution in [2.45, 2.75) is 15.8 Å². The largest absolute Gasteiger partial charge is 0.426 e. The zero-order chi connectivity index (χ0) is 9.12. The van der Waals surface area contributed by atoms with Crippen LogP contribution in [0.15, 0.2) is 0 Å². The normalized spacial score (nSPS) is 13.9. The second-order valence-electron chi connectivity index (χ2n) is 2.08. The van der Waals surface area contributed by atoms with Crippen LogP contribution in [0.1, 0.15) is 6.42 Å². The summed E-state index contributed by atoms with van der Waals surface area (Å²) < 4.78 is 38.9. The maximum atomic E-state index is 11.8. The van der Waals surface area contributed by atoms with Gasteiger partial charge < -0.3 is 4.43 Å². The van der Waals surface area contributed by atoms with Gasteiger partial charge in [0.25, 0.3) is 0 Å². The van der Waals surface area contributed by atoms with Crippen molar-refractivity contribution in [2.24, 2.45) is 0 Å². The van der Waals surface area contributed by atoms with E-state index < -0.39 is 15.8 Å². The quantitative estimate of drug-likeness (QED) is 0.569. The minimum atomic E-state index is -4.17. The summed E-state index contributed by atoms with van der Waals surface area (Å²) in [5, 5.41) is 0. The van der Waals surface area contributed by atoms with E-state index in [0.29, 0.717) is 10.5 Å². The van der Waals surface area contributed by atoms with Crippen LogP contribution in [-0.2, 0) is 4.43 Å². The van der Waals surface area contributed by atoms with E-state index >= 15 is 0 Å². The minimum absolute atomic E-state index is 0.0265. The smallest absolute Gasteiger partial charge is 0.391 e. The summed E-state index contributed by atoms with van der Waals surface area (Å²) in [6.07, 6.45) is -5.12. The van der Waals surface area contributed by atoms with Crippen LogP contribution in [0.25, 0.3) is 0 Å². The van der Waals surface area contributed by atoms with Crippen molar-refractivity contribution in [3.05, 3.63) is 0 Å². The Balaban J connectivity index is 3.91. The highest BCUT2D eigenvalue weighted by atomic mass is 79.9. The molecule has 0 N–H and O–H groups in total. The highest BCUT2D eigenvalue weighted by Crippen LogP contribution is 2.38. The average Bonchev–Trinajstić information content (AvgIpc) is 1.55. The first kappa shape index (κ1) is 11.9. The molecule has 0 spiro atoms. The van der Waals surface area contributed by atoms with E-state index in [1.807, 2.05) is 0 Å². The molecule has 68 valence electrons. The first-order valence-electron chi connectivity index (χ1n) is 2.70. The SMILES string of the molecule is FC(F)(F)CC(Br)(Br)CO[SiH3]. The Labute approximate surface area is 82.5 Å². The van der Waals surface area contributed by atoms with Crippen molar-refractivity contribution < 1.29 is 17.6 Å². The van der Waals surface area contributed by atoms with Gasteiger partial charge in [-0.2, -0.15) is 13.2 Å². The van der Waals surface area contributed by atoms with Gasteiger partial charge in [-0.15, -0.1) is 0 Å². The Morgan fingerprint density at radius 1 is 1.27 bits per heavy atom. The molecule has 0 bridgehead atoms. The Morgan fingerprint density at radius 2 is 1.73 bits per heavy atom.